The molecule has 2 amide bonds. The highest BCUT2D eigenvalue weighted by atomic mass is 19.3. The fourth-order valence-corrected chi connectivity index (χ4v) is 3.08. The van der Waals surface area contributed by atoms with Gasteiger partial charge in [0.25, 0.3) is 5.91 Å². The Morgan fingerprint density at radius 3 is 2.38 bits per heavy atom. The van der Waals surface area contributed by atoms with Gasteiger partial charge in [-0.05, 0) is 35.4 Å². The number of benzene rings is 2. The standard InChI is InChI=1S/C19H18F2N2O3/c1-22-17(24)16-10-13-4-2-3-5-14(13)11-23(16)18(25)12-6-8-15(9-7-12)26-19(20)21/h2-9,16,19H,10-11H2,1H3,(H,22,24). The molecule has 0 aliphatic carbocycles. The van der Waals surface area contributed by atoms with Crippen molar-refractivity contribution in [2.45, 2.75) is 25.6 Å². The minimum Gasteiger partial charge on any atom is -0.435 e. The molecule has 1 atom stereocenters. The third kappa shape index (κ3) is 3.66. The maximum absolute atomic E-state index is 12.9. The smallest absolute Gasteiger partial charge is 0.387 e. The lowest BCUT2D eigenvalue weighted by molar-refractivity contribution is -0.125. The molecule has 0 bridgehead atoms. The quantitative estimate of drug-likeness (QED) is 0.912. The summed E-state index contributed by atoms with van der Waals surface area (Å²) in [6, 6.07) is 12.5. The van der Waals surface area contributed by atoms with Crippen molar-refractivity contribution in [1.82, 2.24) is 10.2 Å². The number of carbonyl (C=O) groups is 2. The number of likely N-dealkylation sites (N-methyl/N-ethyl adjacent to an activating group) is 1. The molecule has 0 radical (unpaired) electrons. The van der Waals surface area contributed by atoms with Gasteiger partial charge in [-0.2, -0.15) is 8.78 Å². The van der Waals surface area contributed by atoms with E-state index < -0.39 is 12.7 Å². The zero-order chi connectivity index (χ0) is 18.7. The predicted octanol–water partition coefficient (Wildman–Crippen LogP) is 2.60. The van der Waals surface area contributed by atoms with Crippen molar-refractivity contribution < 1.29 is 23.1 Å². The van der Waals surface area contributed by atoms with E-state index in [9.17, 15) is 18.4 Å². The summed E-state index contributed by atoms with van der Waals surface area (Å²) >= 11 is 0. The van der Waals surface area contributed by atoms with Crippen molar-refractivity contribution in [1.29, 1.82) is 0 Å². The summed E-state index contributed by atoms with van der Waals surface area (Å²) in [5, 5.41) is 2.60. The minimum absolute atomic E-state index is 0.0246. The van der Waals surface area contributed by atoms with Crippen molar-refractivity contribution >= 4 is 11.8 Å². The highest BCUT2D eigenvalue weighted by Crippen LogP contribution is 2.26. The van der Waals surface area contributed by atoms with Crippen molar-refractivity contribution in [3.63, 3.8) is 0 Å². The Labute approximate surface area is 149 Å². The number of hydrogen-bond donors (Lipinski definition) is 1. The van der Waals surface area contributed by atoms with Crippen LogP contribution in [0.4, 0.5) is 8.78 Å². The number of rotatable bonds is 4. The Kier molecular flexibility index (Phi) is 5.16. The first-order valence-corrected chi connectivity index (χ1v) is 8.14. The summed E-state index contributed by atoms with van der Waals surface area (Å²) in [6.07, 6.45) is 0.425. The first-order chi connectivity index (χ1) is 12.5. The number of halogens is 2. The van der Waals surface area contributed by atoms with Gasteiger partial charge in [-0.15, -0.1) is 0 Å². The van der Waals surface area contributed by atoms with E-state index in [1.165, 1.54) is 36.2 Å². The summed E-state index contributed by atoms with van der Waals surface area (Å²) in [5.74, 6) is -0.606. The second kappa shape index (κ2) is 7.51. The molecule has 3 rings (SSSR count). The molecule has 5 nitrogen and oxygen atoms in total. The molecule has 2 aromatic rings. The minimum atomic E-state index is -2.92. The lowest BCUT2D eigenvalue weighted by Crippen LogP contribution is -2.51. The zero-order valence-corrected chi connectivity index (χ0v) is 14.1. The number of amides is 2. The molecule has 0 aromatic heterocycles. The van der Waals surface area contributed by atoms with Gasteiger partial charge in [0.2, 0.25) is 5.91 Å². The maximum Gasteiger partial charge on any atom is 0.387 e. The van der Waals surface area contributed by atoms with Gasteiger partial charge in [0.05, 0.1) is 0 Å². The van der Waals surface area contributed by atoms with E-state index in [0.29, 0.717) is 18.5 Å². The molecule has 136 valence electrons. The number of nitrogens with one attached hydrogen (secondary N) is 1. The molecule has 0 fully saturated rings. The summed E-state index contributed by atoms with van der Waals surface area (Å²) in [5.41, 5.74) is 2.32. The van der Waals surface area contributed by atoms with Gasteiger partial charge in [0.1, 0.15) is 11.8 Å². The molecule has 1 N–H and O–H groups in total. The van der Waals surface area contributed by atoms with Crippen LogP contribution in [0.2, 0.25) is 0 Å². The summed E-state index contributed by atoms with van der Waals surface area (Å²) in [4.78, 5) is 26.7. The van der Waals surface area contributed by atoms with E-state index in [-0.39, 0.29) is 17.6 Å². The van der Waals surface area contributed by atoms with E-state index in [4.69, 9.17) is 0 Å². The van der Waals surface area contributed by atoms with Crippen LogP contribution in [0.1, 0.15) is 21.5 Å². The van der Waals surface area contributed by atoms with E-state index >= 15 is 0 Å². The third-order valence-electron chi connectivity index (χ3n) is 4.38. The Morgan fingerprint density at radius 1 is 1.12 bits per heavy atom. The third-order valence-corrected chi connectivity index (χ3v) is 4.38. The van der Waals surface area contributed by atoms with Crippen LogP contribution in [-0.4, -0.2) is 36.4 Å². The largest absolute Gasteiger partial charge is 0.435 e. The molecule has 1 aliphatic rings. The van der Waals surface area contributed by atoms with E-state index in [0.717, 1.165) is 11.1 Å². The summed E-state index contributed by atoms with van der Waals surface area (Å²) in [7, 11) is 1.53. The molecule has 1 unspecified atom stereocenters. The normalized spacial score (nSPS) is 16.2. The monoisotopic (exact) mass is 360 g/mol. The van der Waals surface area contributed by atoms with Gasteiger partial charge in [-0.1, -0.05) is 24.3 Å². The van der Waals surface area contributed by atoms with Crippen molar-refractivity contribution in [2.75, 3.05) is 7.05 Å². The first kappa shape index (κ1) is 17.8. The first-order valence-electron chi connectivity index (χ1n) is 8.14. The maximum atomic E-state index is 12.9. The molecule has 1 heterocycles. The van der Waals surface area contributed by atoms with Crippen LogP contribution in [-0.2, 0) is 17.8 Å². The molecule has 0 saturated heterocycles. The van der Waals surface area contributed by atoms with Gasteiger partial charge in [0, 0.05) is 25.6 Å². The number of hydrogen-bond acceptors (Lipinski definition) is 3. The molecule has 7 heteroatoms. The Bertz CT molecular complexity index is 809. The fourth-order valence-electron chi connectivity index (χ4n) is 3.08. The van der Waals surface area contributed by atoms with Crippen molar-refractivity contribution in [2.24, 2.45) is 0 Å². The number of carbonyl (C=O) groups excluding carboxylic acids is 2. The van der Waals surface area contributed by atoms with Gasteiger partial charge in [-0.3, -0.25) is 9.59 Å². The second-order valence-corrected chi connectivity index (χ2v) is 5.94. The fraction of sp³-hybridized carbons (Fsp3) is 0.263. The lowest BCUT2D eigenvalue weighted by atomic mass is 9.93. The van der Waals surface area contributed by atoms with Gasteiger partial charge in [0.15, 0.2) is 0 Å². The van der Waals surface area contributed by atoms with E-state index in [1.807, 2.05) is 24.3 Å². The SMILES string of the molecule is CNC(=O)C1Cc2ccccc2CN1C(=O)c1ccc(OC(F)F)cc1. The number of ether oxygens (including phenoxy) is 1. The topological polar surface area (TPSA) is 58.6 Å². The average Bonchev–Trinajstić information content (AvgIpc) is 2.66. The van der Waals surface area contributed by atoms with Gasteiger partial charge < -0.3 is 15.0 Å². The van der Waals surface area contributed by atoms with Crippen LogP contribution >= 0.6 is 0 Å². The van der Waals surface area contributed by atoms with Crippen LogP contribution in [0.15, 0.2) is 48.5 Å². The Balaban J connectivity index is 1.87. The molecule has 26 heavy (non-hydrogen) atoms. The van der Waals surface area contributed by atoms with Crippen molar-refractivity contribution in [3.8, 4) is 5.75 Å². The van der Waals surface area contributed by atoms with Gasteiger partial charge in [-0.25, -0.2) is 0 Å². The van der Waals surface area contributed by atoms with Crippen LogP contribution in [0.5, 0.6) is 5.75 Å². The molecule has 0 saturated carbocycles. The van der Waals surface area contributed by atoms with Gasteiger partial charge >= 0.3 is 6.61 Å². The number of alkyl halides is 2. The summed E-state index contributed by atoms with van der Waals surface area (Å²) < 4.78 is 28.8. The Hall–Kier alpha value is -2.96. The van der Waals surface area contributed by atoms with E-state index in [1.54, 1.807) is 0 Å². The average molecular weight is 360 g/mol. The van der Waals surface area contributed by atoms with Crippen LogP contribution < -0.4 is 10.1 Å². The van der Waals surface area contributed by atoms with Crippen molar-refractivity contribution in [3.05, 3.63) is 65.2 Å². The molecule has 1 aliphatic heterocycles. The summed E-state index contributed by atoms with van der Waals surface area (Å²) in [6.45, 7) is -2.62. The van der Waals surface area contributed by atoms with Crippen LogP contribution in [0.25, 0.3) is 0 Å². The Morgan fingerprint density at radius 2 is 1.77 bits per heavy atom. The zero-order valence-electron chi connectivity index (χ0n) is 14.1. The van der Waals surface area contributed by atoms with Crippen LogP contribution in [0.3, 0.4) is 0 Å². The van der Waals surface area contributed by atoms with Crippen LogP contribution in [0, 0.1) is 0 Å². The highest BCUT2D eigenvalue weighted by molar-refractivity contribution is 5.98. The molecule has 0 spiro atoms. The highest BCUT2D eigenvalue weighted by Gasteiger charge is 2.34. The predicted molar refractivity (Wildman–Crippen MR) is 90.9 cm³/mol. The molecule has 2 aromatic carbocycles. The molecular weight excluding hydrogens is 342 g/mol. The molecular formula is C19H18F2N2O3. The number of nitrogens with zero attached hydrogens (tertiary/aromatic N) is 1. The second-order valence-electron chi connectivity index (χ2n) is 5.94. The van der Waals surface area contributed by atoms with E-state index in [2.05, 4.69) is 10.1 Å². The number of fused-ring (bicyclic) bond motifs is 1. The lowest BCUT2D eigenvalue weighted by Gasteiger charge is -2.35.